The Kier molecular flexibility index (Phi) is 5.77. The lowest BCUT2D eigenvalue weighted by Gasteiger charge is -2.09. The van der Waals surface area contributed by atoms with Gasteiger partial charge in [-0.15, -0.1) is 0 Å². The molecule has 0 radical (unpaired) electrons. The first-order valence-electron chi connectivity index (χ1n) is 8.77. The molecule has 1 aliphatic heterocycles. The van der Waals surface area contributed by atoms with Crippen molar-refractivity contribution in [2.24, 2.45) is 12.2 Å². The van der Waals surface area contributed by atoms with Crippen LogP contribution >= 0.6 is 11.6 Å². The highest BCUT2D eigenvalue weighted by Gasteiger charge is 2.30. The lowest BCUT2D eigenvalue weighted by molar-refractivity contribution is -0.125. The molecule has 2 heterocycles. The number of carbonyl (C=O) groups excluding carboxylic acids is 1. The zero-order valence-corrected chi connectivity index (χ0v) is 16.0. The van der Waals surface area contributed by atoms with E-state index in [9.17, 15) is 4.79 Å². The number of hydrogen-bond donors (Lipinski definition) is 1. The molecule has 8 heteroatoms. The van der Waals surface area contributed by atoms with Gasteiger partial charge in [-0.2, -0.15) is 5.26 Å². The van der Waals surface area contributed by atoms with Crippen molar-refractivity contribution in [3.8, 4) is 6.07 Å². The van der Waals surface area contributed by atoms with Gasteiger partial charge < -0.3 is 14.7 Å². The van der Waals surface area contributed by atoms with Gasteiger partial charge in [0.2, 0.25) is 6.10 Å². The molecule has 0 fully saturated rings. The molecule has 7 nitrogen and oxygen atoms in total. The highest BCUT2D eigenvalue weighted by Crippen LogP contribution is 2.22. The molecule has 2 aromatic rings. The van der Waals surface area contributed by atoms with E-state index in [2.05, 4.69) is 22.4 Å². The number of oxime groups is 1. The van der Waals surface area contributed by atoms with Crippen LogP contribution in [-0.2, 0) is 23.1 Å². The molecule has 140 valence electrons. The van der Waals surface area contributed by atoms with Gasteiger partial charge in [0.1, 0.15) is 23.3 Å². The Morgan fingerprint density at radius 1 is 1.52 bits per heavy atom. The van der Waals surface area contributed by atoms with Gasteiger partial charge in [-0.1, -0.05) is 30.1 Å². The van der Waals surface area contributed by atoms with Gasteiger partial charge in [0.25, 0.3) is 5.91 Å². The molecule has 1 unspecified atom stereocenters. The lowest BCUT2D eigenvalue weighted by atomic mass is 10.1. The van der Waals surface area contributed by atoms with Crippen LogP contribution in [0.3, 0.4) is 0 Å². The highest BCUT2D eigenvalue weighted by atomic mass is 35.5. The lowest BCUT2D eigenvalue weighted by Crippen LogP contribution is -2.28. The van der Waals surface area contributed by atoms with Crippen LogP contribution in [0.2, 0.25) is 5.02 Å². The zero-order valence-electron chi connectivity index (χ0n) is 15.2. The fraction of sp³-hybridized carbons (Fsp3) is 0.368. The van der Waals surface area contributed by atoms with E-state index in [-0.39, 0.29) is 10.9 Å². The van der Waals surface area contributed by atoms with Gasteiger partial charge in [-0.05, 0) is 24.6 Å². The Bertz CT molecular complexity index is 929. The highest BCUT2D eigenvalue weighted by molar-refractivity contribution is 6.32. The van der Waals surface area contributed by atoms with Crippen LogP contribution in [0.5, 0.6) is 0 Å². The summed E-state index contributed by atoms with van der Waals surface area (Å²) < 4.78 is 1.99. The van der Waals surface area contributed by atoms with Crippen molar-refractivity contribution in [1.29, 1.82) is 5.26 Å². The van der Waals surface area contributed by atoms with E-state index in [1.54, 1.807) is 12.1 Å². The number of benzene rings is 1. The molecular formula is C19H20ClN5O2. The Morgan fingerprint density at radius 2 is 2.33 bits per heavy atom. The van der Waals surface area contributed by atoms with E-state index >= 15 is 0 Å². The third-order valence-electron chi connectivity index (χ3n) is 4.34. The molecule has 0 aliphatic carbocycles. The van der Waals surface area contributed by atoms with Crippen molar-refractivity contribution in [2.75, 3.05) is 5.32 Å². The quantitative estimate of drug-likeness (QED) is 0.824. The Labute approximate surface area is 162 Å². The number of anilines is 1. The topological polar surface area (TPSA) is 92.3 Å². The maximum atomic E-state index is 12.4. The molecule has 0 bridgehead atoms. The minimum absolute atomic E-state index is 0.285. The van der Waals surface area contributed by atoms with Crippen molar-refractivity contribution in [3.05, 3.63) is 46.5 Å². The molecule has 3 rings (SSSR count). The minimum atomic E-state index is -0.726. The summed E-state index contributed by atoms with van der Waals surface area (Å²) in [6.07, 6.45) is 4.62. The number of nitriles is 1. The van der Waals surface area contributed by atoms with Gasteiger partial charge in [0, 0.05) is 31.8 Å². The van der Waals surface area contributed by atoms with Crippen molar-refractivity contribution in [2.45, 2.75) is 38.7 Å². The van der Waals surface area contributed by atoms with E-state index in [0.29, 0.717) is 23.4 Å². The molecule has 1 aromatic heterocycles. The van der Waals surface area contributed by atoms with E-state index in [0.717, 1.165) is 30.8 Å². The molecule has 1 aliphatic rings. The first-order valence-corrected chi connectivity index (χ1v) is 9.15. The molecule has 0 saturated carbocycles. The maximum absolute atomic E-state index is 12.4. The first-order chi connectivity index (χ1) is 13.0. The number of carbonyl (C=O) groups is 1. The maximum Gasteiger partial charge on any atom is 0.268 e. The second-order valence-electron chi connectivity index (χ2n) is 6.39. The molecule has 1 amide bonds. The summed E-state index contributed by atoms with van der Waals surface area (Å²) in [5.74, 6) is 0.673. The average molecular weight is 386 g/mol. The molecule has 27 heavy (non-hydrogen) atoms. The van der Waals surface area contributed by atoms with E-state index in [1.165, 1.54) is 6.07 Å². The third-order valence-corrected chi connectivity index (χ3v) is 4.65. The molecule has 1 atom stereocenters. The predicted octanol–water partition coefficient (Wildman–Crippen LogP) is 3.42. The smallest absolute Gasteiger partial charge is 0.268 e. The van der Waals surface area contributed by atoms with Crippen molar-refractivity contribution in [3.63, 3.8) is 0 Å². The molecule has 0 spiro atoms. The summed E-state index contributed by atoms with van der Waals surface area (Å²) in [6.45, 7) is 2.14. The van der Waals surface area contributed by atoms with Crippen LogP contribution < -0.4 is 5.32 Å². The summed E-state index contributed by atoms with van der Waals surface area (Å²) in [5, 5.41) is 16.0. The monoisotopic (exact) mass is 385 g/mol. The number of aromatic nitrogens is 2. The molecule has 1 aromatic carbocycles. The summed E-state index contributed by atoms with van der Waals surface area (Å²) >= 11 is 5.99. The van der Waals surface area contributed by atoms with Gasteiger partial charge in [-0.3, -0.25) is 4.79 Å². The Balaban J connectivity index is 1.62. The number of unbranched alkanes of at least 4 members (excludes halogenated alkanes) is 1. The van der Waals surface area contributed by atoms with Crippen LogP contribution in [0, 0.1) is 11.3 Å². The second-order valence-corrected chi connectivity index (χ2v) is 6.80. The fourth-order valence-electron chi connectivity index (χ4n) is 2.79. The molecular weight excluding hydrogens is 366 g/mol. The van der Waals surface area contributed by atoms with Crippen LogP contribution in [0.4, 0.5) is 5.69 Å². The van der Waals surface area contributed by atoms with Crippen molar-refractivity contribution >= 4 is 28.9 Å². The second kappa shape index (κ2) is 8.23. The number of rotatable bonds is 6. The number of hydrogen-bond acceptors (Lipinski definition) is 5. The number of imidazole rings is 1. The van der Waals surface area contributed by atoms with Crippen LogP contribution in [-0.4, -0.2) is 27.3 Å². The molecule has 0 saturated heterocycles. The SMILES string of the molecule is CCCCc1nc(C2=NOC(C(=O)Nc3ccc(C#N)c(Cl)c3)C2)cn1C. The number of amides is 1. The summed E-state index contributed by atoms with van der Waals surface area (Å²) in [5.41, 5.74) is 2.25. The normalized spacial score (nSPS) is 15.8. The van der Waals surface area contributed by atoms with E-state index < -0.39 is 6.10 Å². The van der Waals surface area contributed by atoms with Gasteiger partial charge >= 0.3 is 0 Å². The number of nitrogens with zero attached hydrogens (tertiary/aromatic N) is 4. The largest absolute Gasteiger partial charge is 0.382 e. The summed E-state index contributed by atoms with van der Waals surface area (Å²) in [7, 11) is 1.96. The summed E-state index contributed by atoms with van der Waals surface area (Å²) in [6, 6.07) is 6.69. The fourth-order valence-corrected chi connectivity index (χ4v) is 3.01. The van der Waals surface area contributed by atoms with Crippen molar-refractivity contribution in [1.82, 2.24) is 9.55 Å². The third kappa shape index (κ3) is 4.29. The predicted molar refractivity (Wildman–Crippen MR) is 103 cm³/mol. The average Bonchev–Trinajstić information content (AvgIpc) is 3.27. The van der Waals surface area contributed by atoms with Crippen molar-refractivity contribution < 1.29 is 9.63 Å². The van der Waals surface area contributed by atoms with Crippen LogP contribution in [0.15, 0.2) is 29.6 Å². The zero-order chi connectivity index (χ0) is 19.4. The Hall–Kier alpha value is -2.85. The van der Waals surface area contributed by atoms with Gasteiger partial charge in [-0.25, -0.2) is 4.98 Å². The summed E-state index contributed by atoms with van der Waals surface area (Å²) in [4.78, 5) is 22.3. The molecule has 1 N–H and O–H groups in total. The Morgan fingerprint density at radius 3 is 3.04 bits per heavy atom. The minimum Gasteiger partial charge on any atom is -0.382 e. The van der Waals surface area contributed by atoms with E-state index in [4.69, 9.17) is 21.7 Å². The standard InChI is InChI=1S/C19H20ClN5O2/c1-3-4-5-18-23-16(11-25(18)2)15-9-17(27-24-15)19(26)22-13-7-6-12(10-21)14(20)8-13/h6-8,11,17H,3-5,9H2,1-2H3,(H,22,26). The van der Waals surface area contributed by atoms with Gasteiger partial charge in [0.05, 0.1) is 10.6 Å². The first kappa shape index (κ1) is 18.9. The van der Waals surface area contributed by atoms with Crippen LogP contribution in [0.1, 0.15) is 43.3 Å². The van der Waals surface area contributed by atoms with Gasteiger partial charge in [0.15, 0.2) is 0 Å². The van der Waals surface area contributed by atoms with E-state index in [1.807, 2.05) is 23.9 Å². The number of aryl methyl sites for hydroxylation is 2. The van der Waals surface area contributed by atoms with Crippen LogP contribution in [0.25, 0.3) is 0 Å². The number of halogens is 1. The number of nitrogens with one attached hydrogen (secondary N) is 1.